The summed E-state index contributed by atoms with van der Waals surface area (Å²) in [6, 6.07) is 13.3. The van der Waals surface area contributed by atoms with Gasteiger partial charge in [-0.3, -0.25) is 9.36 Å². The first kappa shape index (κ1) is 20.5. The molecule has 1 saturated carbocycles. The average Bonchev–Trinajstić information content (AvgIpc) is 3.14. The molecule has 7 heteroatoms. The van der Waals surface area contributed by atoms with Gasteiger partial charge in [0.25, 0.3) is 5.91 Å². The number of hydrogen-bond donors (Lipinski definition) is 1. The molecule has 4 rings (SSSR count). The van der Waals surface area contributed by atoms with E-state index >= 15 is 0 Å². The van der Waals surface area contributed by atoms with Crippen molar-refractivity contribution in [1.29, 1.82) is 0 Å². The van der Waals surface area contributed by atoms with Gasteiger partial charge < -0.3 is 5.32 Å². The summed E-state index contributed by atoms with van der Waals surface area (Å²) in [6.45, 7) is 0. The van der Waals surface area contributed by atoms with Crippen molar-refractivity contribution in [2.24, 2.45) is 0 Å². The Kier molecular flexibility index (Phi) is 6.28. The maximum atomic E-state index is 12.9. The molecule has 29 heavy (non-hydrogen) atoms. The number of amides is 1. The van der Waals surface area contributed by atoms with Crippen molar-refractivity contribution in [3.05, 3.63) is 68.9 Å². The van der Waals surface area contributed by atoms with Gasteiger partial charge >= 0.3 is 0 Å². The van der Waals surface area contributed by atoms with E-state index in [2.05, 4.69) is 26.2 Å². The highest BCUT2D eigenvalue weighted by atomic mass is 79.9. The number of halogens is 3. The third-order valence-electron chi connectivity index (χ3n) is 5.15. The lowest BCUT2D eigenvalue weighted by Crippen LogP contribution is -2.36. The Morgan fingerprint density at radius 1 is 1.07 bits per heavy atom. The standard InChI is InChI=1S/C22H20BrCl2N3O/c23-15-8-6-14(7-9-15)21-27-19(22(29)26-17-4-2-1-3-5-17)13-28(21)20-11-10-16(24)12-18(20)25/h6-13,17H,1-5H2,(H,26,29). The maximum Gasteiger partial charge on any atom is 0.271 e. The topological polar surface area (TPSA) is 46.9 Å². The zero-order valence-corrected chi connectivity index (χ0v) is 18.8. The smallest absolute Gasteiger partial charge is 0.271 e. The van der Waals surface area contributed by atoms with Crippen molar-refractivity contribution in [3.8, 4) is 17.1 Å². The quantitative estimate of drug-likeness (QED) is 0.442. The van der Waals surface area contributed by atoms with Crippen LogP contribution >= 0.6 is 39.1 Å². The van der Waals surface area contributed by atoms with Crippen molar-refractivity contribution in [2.75, 3.05) is 0 Å². The van der Waals surface area contributed by atoms with Gasteiger partial charge in [0.2, 0.25) is 0 Å². The van der Waals surface area contributed by atoms with Crippen molar-refractivity contribution in [2.45, 2.75) is 38.1 Å². The largest absolute Gasteiger partial charge is 0.348 e. The number of benzene rings is 2. The van der Waals surface area contributed by atoms with Crippen LogP contribution in [0.15, 0.2) is 53.1 Å². The second kappa shape index (κ2) is 8.90. The number of aromatic nitrogens is 2. The van der Waals surface area contributed by atoms with Gasteiger partial charge in [-0.2, -0.15) is 0 Å². The number of imidazole rings is 1. The predicted molar refractivity (Wildman–Crippen MR) is 121 cm³/mol. The molecule has 1 aliphatic carbocycles. The van der Waals surface area contributed by atoms with Crippen LogP contribution in [0.3, 0.4) is 0 Å². The number of hydrogen-bond acceptors (Lipinski definition) is 2. The van der Waals surface area contributed by atoms with Crippen LogP contribution < -0.4 is 5.32 Å². The number of rotatable bonds is 4. The summed E-state index contributed by atoms with van der Waals surface area (Å²) in [7, 11) is 0. The highest BCUT2D eigenvalue weighted by Gasteiger charge is 2.21. The monoisotopic (exact) mass is 491 g/mol. The minimum absolute atomic E-state index is 0.154. The van der Waals surface area contributed by atoms with Crippen molar-refractivity contribution in [1.82, 2.24) is 14.9 Å². The van der Waals surface area contributed by atoms with Gasteiger partial charge in [0.05, 0.1) is 10.7 Å². The first-order chi connectivity index (χ1) is 14.0. The van der Waals surface area contributed by atoms with Gasteiger partial charge in [-0.15, -0.1) is 0 Å². The molecular formula is C22H20BrCl2N3O. The van der Waals surface area contributed by atoms with Crippen LogP contribution in [0.2, 0.25) is 10.0 Å². The second-order valence-electron chi connectivity index (χ2n) is 7.23. The Labute approximate surface area is 188 Å². The summed E-state index contributed by atoms with van der Waals surface area (Å²) in [5, 5.41) is 4.18. The van der Waals surface area contributed by atoms with Crippen LogP contribution in [0, 0.1) is 0 Å². The Hall–Kier alpha value is -1.82. The van der Waals surface area contributed by atoms with Gasteiger partial charge in [-0.25, -0.2) is 4.98 Å². The average molecular weight is 493 g/mol. The van der Waals surface area contributed by atoms with E-state index in [-0.39, 0.29) is 11.9 Å². The zero-order chi connectivity index (χ0) is 20.4. The van der Waals surface area contributed by atoms with E-state index in [1.54, 1.807) is 18.3 Å². The molecule has 0 atom stereocenters. The minimum atomic E-state index is -0.154. The molecule has 0 unspecified atom stereocenters. The van der Waals surface area contributed by atoms with Crippen LogP contribution in [-0.4, -0.2) is 21.5 Å². The number of carbonyl (C=O) groups is 1. The van der Waals surface area contributed by atoms with Crippen LogP contribution in [0.25, 0.3) is 17.1 Å². The lowest BCUT2D eigenvalue weighted by molar-refractivity contribution is 0.0923. The van der Waals surface area contributed by atoms with E-state index in [0.717, 1.165) is 41.4 Å². The van der Waals surface area contributed by atoms with E-state index in [1.165, 1.54) is 6.42 Å². The molecule has 1 amide bonds. The van der Waals surface area contributed by atoms with Crippen LogP contribution in [0.5, 0.6) is 0 Å². The van der Waals surface area contributed by atoms with Crippen molar-refractivity contribution < 1.29 is 4.79 Å². The summed E-state index contributed by atoms with van der Waals surface area (Å²) in [6.07, 6.45) is 7.34. The molecule has 1 N–H and O–H groups in total. The van der Waals surface area contributed by atoms with E-state index in [9.17, 15) is 4.79 Å². The summed E-state index contributed by atoms with van der Waals surface area (Å²) in [5.74, 6) is 0.495. The molecule has 0 saturated heterocycles. The molecule has 3 aromatic rings. The SMILES string of the molecule is O=C(NC1CCCCC1)c1cn(-c2ccc(Cl)cc2Cl)c(-c2ccc(Br)cc2)n1. The van der Waals surface area contributed by atoms with Crippen molar-refractivity contribution in [3.63, 3.8) is 0 Å². The fourth-order valence-electron chi connectivity index (χ4n) is 3.66. The van der Waals surface area contributed by atoms with Gasteiger partial charge in [0.1, 0.15) is 11.5 Å². The first-order valence-electron chi connectivity index (χ1n) is 9.63. The van der Waals surface area contributed by atoms with Gasteiger partial charge in [-0.05, 0) is 43.2 Å². The maximum absolute atomic E-state index is 12.9. The predicted octanol–water partition coefficient (Wildman–Crippen LogP) is 6.67. The van der Waals surface area contributed by atoms with Crippen LogP contribution in [0.1, 0.15) is 42.6 Å². The van der Waals surface area contributed by atoms with Crippen LogP contribution in [0.4, 0.5) is 0 Å². The van der Waals surface area contributed by atoms with Crippen molar-refractivity contribution >= 4 is 45.0 Å². The summed E-state index contributed by atoms with van der Waals surface area (Å²) < 4.78 is 2.82. The molecule has 0 bridgehead atoms. The molecule has 150 valence electrons. The Bertz CT molecular complexity index is 1030. The van der Waals surface area contributed by atoms with E-state index in [4.69, 9.17) is 23.2 Å². The fourth-order valence-corrected chi connectivity index (χ4v) is 4.42. The van der Waals surface area contributed by atoms with Gasteiger partial charge in [0, 0.05) is 27.3 Å². The molecule has 4 nitrogen and oxygen atoms in total. The molecule has 1 fully saturated rings. The van der Waals surface area contributed by atoms with Gasteiger partial charge in [-0.1, -0.05) is 70.5 Å². The zero-order valence-electron chi connectivity index (χ0n) is 15.7. The van der Waals surface area contributed by atoms with Gasteiger partial charge in [0.15, 0.2) is 0 Å². The second-order valence-corrected chi connectivity index (χ2v) is 8.99. The lowest BCUT2D eigenvalue weighted by atomic mass is 9.95. The molecule has 0 radical (unpaired) electrons. The normalized spacial score (nSPS) is 14.7. The summed E-state index contributed by atoms with van der Waals surface area (Å²) >= 11 is 16.0. The molecule has 0 aliphatic heterocycles. The highest BCUT2D eigenvalue weighted by Crippen LogP contribution is 2.30. The molecule has 2 aromatic carbocycles. The number of nitrogens with zero attached hydrogens (tertiary/aromatic N) is 2. The summed E-state index contributed by atoms with van der Waals surface area (Å²) in [5.41, 5.74) is 1.98. The van der Waals surface area contributed by atoms with E-state index < -0.39 is 0 Å². The van der Waals surface area contributed by atoms with E-state index in [0.29, 0.717) is 21.6 Å². The van der Waals surface area contributed by atoms with Crippen LogP contribution in [-0.2, 0) is 0 Å². The summed E-state index contributed by atoms with van der Waals surface area (Å²) in [4.78, 5) is 17.5. The van der Waals surface area contributed by atoms with E-state index in [1.807, 2.05) is 34.9 Å². The third-order valence-corrected chi connectivity index (χ3v) is 6.22. The number of carbonyl (C=O) groups excluding carboxylic acids is 1. The fraction of sp³-hybridized carbons (Fsp3) is 0.273. The molecule has 1 aliphatic rings. The minimum Gasteiger partial charge on any atom is -0.348 e. The lowest BCUT2D eigenvalue weighted by Gasteiger charge is -2.22. The number of nitrogens with one attached hydrogen (secondary N) is 1. The Morgan fingerprint density at radius 2 is 1.79 bits per heavy atom. The molecular weight excluding hydrogens is 473 g/mol. The Morgan fingerprint density at radius 3 is 2.48 bits per heavy atom. The molecule has 1 heterocycles. The Balaban J connectivity index is 1.73. The first-order valence-corrected chi connectivity index (χ1v) is 11.2. The molecule has 1 aromatic heterocycles. The molecule has 0 spiro atoms. The highest BCUT2D eigenvalue weighted by molar-refractivity contribution is 9.10. The third kappa shape index (κ3) is 4.68.